The Morgan fingerprint density at radius 1 is 1.42 bits per heavy atom. The van der Waals surface area contributed by atoms with E-state index >= 15 is 0 Å². The Labute approximate surface area is 146 Å². The van der Waals surface area contributed by atoms with Crippen molar-refractivity contribution in [3.63, 3.8) is 0 Å². The molecule has 0 spiro atoms. The maximum Gasteiger partial charge on any atom is 0.226 e. The fourth-order valence-electron chi connectivity index (χ4n) is 2.94. The third-order valence-corrected chi connectivity index (χ3v) is 6.81. The standard InChI is InChI=1S/C17H20N2O3S2/c1-12-3-2-4-13(7-12)8-15-10-18-17(23-15)19-16(20)9-14-5-6-24(21,22)11-14/h2-4,7,10,14H,5-6,8-9,11H2,1H3,(H,18,19,20)/t14-/m1/s1. The Morgan fingerprint density at radius 2 is 2.25 bits per heavy atom. The summed E-state index contributed by atoms with van der Waals surface area (Å²) in [5.41, 5.74) is 2.43. The molecule has 7 heteroatoms. The van der Waals surface area contributed by atoms with Crippen LogP contribution in [0.5, 0.6) is 0 Å². The summed E-state index contributed by atoms with van der Waals surface area (Å²) in [6.07, 6.45) is 3.39. The first kappa shape index (κ1) is 17.1. The zero-order valence-corrected chi connectivity index (χ0v) is 15.1. The summed E-state index contributed by atoms with van der Waals surface area (Å²) in [5.74, 6) is 0.0926. The number of hydrogen-bond acceptors (Lipinski definition) is 5. The van der Waals surface area contributed by atoms with Gasteiger partial charge in [-0.1, -0.05) is 29.8 Å². The first-order valence-corrected chi connectivity index (χ1v) is 10.5. The van der Waals surface area contributed by atoms with Crippen molar-refractivity contribution < 1.29 is 13.2 Å². The van der Waals surface area contributed by atoms with Crippen LogP contribution in [0.2, 0.25) is 0 Å². The van der Waals surface area contributed by atoms with E-state index in [1.807, 2.05) is 6.07 Å². The van der Waals surface area contributed by atoms with Gasteiger partial charge < -0.3 is 5.32 Å². The van der Waals surface area contributed by atoms with Gasteiger partial charge in [-0.15, -0.1) is 11.3 Å². The van der Waals surface area contributed by atoms with Crippen LogP contribution in [0, 0.1) is 12.8 Å². The minimum Gasteiger partial charge on any atom is -0.302 e. The molecule has 128 valence electrons. The second kappa shape index (κ2) is 7.03. The molecule has 5 nitrogen and oxygen atoms in total. The molecule has 1 aliphatic heterocycles. The molecule has 1 aliphatic rings. The predicted octanol–water partition coefficient (Wildman–Crippen LogP) is 2.81. The highest BCUT2D eigenvalue weighted by Gasteiger charge is 2.29. The quantitative estimate of drug-likeness (QED) is 0.885. The molecule has 1 N–H and O–H groups in total. The molecule has 0 bridgehead atoms. The minimum atomic E-state index is -2.94. The van der Waals surface area contributed by atoms with E-state index in [4.69, 9.17) is 0 Å². The van der Waals surface area contributed by atoms with Crippen molar-refractivity contribution in [3.8, 4) is 0 Å². The van der Waals surface area contributed by atoms with Gasteiger partial charge in [-0.05, 0) is 24.8 Å². The molecule has 2 aromatic rings. The van der Waals surface area contributed by atoms with Gasteiger partial charge in [-0.2, -0.15) is 0 Å². The van der Waals surface area contributed by atoms with Crippen LogP contribution in [0.15, 0.2) is 30.5 Å². The Balaban J connectivity index is 1.55. The van der Waals surface area contributed by atoms with E-state index in [0.29, 0.717) is 11.6 Å². The molecule has 3 rings (SSSR count). The normalized spacial score (nSPS) is 19.3. The number of aryl methyl sites for hydroxylation is 1. The van der Waals surface area contributed by atoms with Gasteiger partial charge in [0.1, 0.15) is 0 Å². The molecule has 1 atom stereocenters. The first-order chi connectivity index (χ1) is 11.4. The lowest BCUT2D eigenvalue weighted by Crippen LogP contribution is -2.17. The highest BCUT2D eigenvalue weighted by Crippen LogP contribution is 2.24. The number of rotatable bonds is 5. The largest absolute Gasteiger partial charge is 0.302 e. The topological polar surface area (TPSA) is 76.1 Å². The van der Waals surface area contributed by atoms with Crippen LogP contribution in [0.25, 0.3) is 0 Å². The number of aromatic nitrogens is 1. The van der Waals surface area contributed by atoms with Crippen LogP contribution in [0.1, 0.15) is 28.8 Å². The molecule has 0 aliphatic carbocycles. The second-order valence-corrected chi connectivity index (χ2v) is 9.66. The monoisotopic (exact) mass is 364 g/mol. The zero-order valence-electron chi connectivity index (χ0n) is 13.5. The smallest absolute Gasteiger partial charge is 0.226 e. The maximum atomic E-state index is 12.1. The van der Waals surface area contributed by atoms with E-state index in [1.165, 1.54) is 22.5 Å². The van der Waals surface area contributed by atoms with E-state index < -0.39 is 9.84 Å². The lowest BCUT2D eigenvalue weighted by atomic mass is 10.1. The summed E-state index contributed by atoms with van der Waals surface area (Å²) in [6, 6.07) is 8.30. The van der Waals surface area contributed by atoms with Gasteiger partial charge >= 0.3 is 0 Å². The van der Waals surface area contributed by atoms with Gasteiger partial charge in [0, 0.05) is 23.9 Å². The molecule has 1 aromatic carbocycles. The first-order valence-electron chi connectivity index (χ1n) is 7.90. The second-order valence-electron chi connectivity index (χ2n) is 6.32. The Bertz CT molecular complexity index is 843. The summed E-state index contributed by atoms with van der Waals surface area (Å²) >= 11 is 1.46. The number of benzene rings is 1. The number of sulfone groups is 1. The molecule has 0 unspecified atom stereocenters. The van der Waals surface area contributed by atoms with Crippen LogP contribution in [0.4, 0.5) is 5.13 Å². The third-order valence-electron chi connectivity index (χ3n) is 4.06. The molecule has 24 heavy (non-hydrogen) atoms. The minimum absolute atomic E-state index is 0.0678. The number of amides is 1. The summed E-state index contributed by atoms with van der Waals surface area (Å²) < 4.78 is 22.9. The molecule has 2 heterocycles. The Kier molecular flexibility index (Phi) is 5.01. The van der Waals surface area contributed by atoms with E-state index in [1.54, 1.807) is 6.20 Å². The van der Waals surface area contributed by atoms with Gasteiger partial charge in [0.2, 0.25) is 5.91 Å². The number of hydrogen-bond donors (Lipinski definition) is 1. The maximum absolute atomic E-state index is 12.1. The summed E-state index contributed by atoms with van der Waals surface area (Å²) in [5, 5.41) is 3.36. The van der Waals surface area contributed by atoms with E-state index in [2.05, 4.69) is 35.4 Å². The van der Waals surface area contributed by atoms with Crippen LogP contribution in [-0.2, 0) is 21.1 Å². The van der Waals surface area contributed by atoms with E-state index in [0.717, 1.165) is 11.3 Å². The van der Waals surface area contributed by atoms with E-state index in [-0.39, 0.29) is 29.8 Å². The van der Waals surface area contributed by atoms with Crippen molar-refractivity contribution in [2.24, 2.45) is 5.92 Å². The highest BCUT2D eigenvalue weighted by atomic mass is 32.2. The van der Waals surface area contributed by atoms with Crippen LogP contribution >= 0.6 is 11.3 Å². The van der Waals surface area contributed by atoms with Gasteiger partial charge in [-0.25, -0.2) is 13.4 Å². The lowest BCUT2D eigenvalue weighted by Gasteiger charge is -2.06. The molecule has 1 amide bonds. The summed E-state index contributed by atoms with van der Waals surface area (Å²) in [4.78, 5) is 17.4. The van der Waals surface area contributed by atoms with Crippen molar-refractivity contribution in [2.75, 3.05) is 16.8 Å². The number of carbonyl (C=O) groups is 1. The van der Waals surface area contributed by atoms with Crippen molar-refractivity contribution in [1.29, 1.82) is 0 Å². The van der Waals surface area contributed by atoms with Crippen molar-refractivity contribution >= 4 is 32.2 Å². The number of carbonyl (C=O) groups excluding carboxylic acids is 1. The van der Waals surface area contributed by atoms with Gasteiger partial charge in [-0.3, -0.25) is 4.79 Å². The van der Waals surface area contributed by atoms with Gasteiger partial charge in [0.15, 0.2) is 15.0 Å². The lowest BCUT2D eigenvalue weighted by molar-refractivity contribution is -0.116. The average Bonchev–Trinajstić information content (AvgIpc) is 3.05. The number of nitrogens with one attached hydrogen (secondary N) is 1. The highest BCUT2D eigenvalue weighted by molar-refractivity contribution is 7.91. The molecule has 1 aromatic heterocycles. The molecule has 0 saturated carbocycles. The van der Waals surface area contributed by atoms with Gasteiger partial charge in [0.25, 0.3) is 0 Å². The molecule has 1 fully saturated rings. The number of nitrogens with zero attached hydrogens (tertiary/aromatic N) is 1. The van der Waals surface area contributed by atoms with Crippen LogP contribution in [-0.4, -0.2) is 30.8 Å². The zero-order chi connectivity index (χ0) is 17.2. The Morgan fingerprint density at radius 3 is 2.96 bits per heavy atom. The number of thiazole rings is 1. The molecular formula is C17H20N2O3S2. The van der Waals surface area contributed by atoms with Gasteiger partial charge in [0.05, 0.1) is 11.5 Å². The predicted molar refractivity (Wildman–Crippen MR) is 96.1 cm³/mol. The van der Waals surface area contributed by atoms with Crippen LogP contribution in [0.3, 0.4) is 0 Å². The molecule has 0 radical (unpaired) electrons. The van der Waals surface area contributed by atoms with Crippen LogP contribution < -0.4 is 5.32 Å². The fourth-order valence-corrected chi connectivity index (χ4v) is 5.66. The summed E-state index contributed by atoms with van der Waals surface area (Å²) in [7, 11) is -2.94. The van der Waals surface area contributed by atoms with Crippen molar-refractivity contribution in [1.82, 2.24) is 4.98 Å². The van der Waals surface area contributed by atoms with E-state index in [9.17, 15) is 13.2 Å². The molecule has 1 saturated heterocycles. The molecular weight excluding hydrogens is 344 g/mol. The van der Waals surface area contributed by atoms with Crippen molar-refractivity contribution in [2.45, 2.75) is 26.2 Å². The number of anilines is 1. The SMILES string of the molecule is Cc1cccc(Cc2cnc(NC(=O)C[C@H]3CCS(=O)(=O)C3)s2)c1. The third kappa shape index (κ3) is 4.64. The fraction of sp³-hybridized carbons (Fsp3) is 0.412. The summed E-state index contributed by atoms with van der Waals surface area (Å²) in [6.45, 7) is 2.06. The average molecular weight is 364 g/mol. The Hall–Kier alpha value is -1.73. The van der Waals surface area contributed by atoms with Crippen molar-refractivity contribution in [3.05, 3.63) is 46.5 Å².